The predicted octanol–water partition coefficient (Wildman–Crippen LogP) is 4.64. The number of nitrogens with zero attached hydrogens (tertiary/aromatic N) is 2. The molecule has 0 saturated carbocycles. The highest BCUT2D eigenvalue weighted by Gasteiger charge is 2.46. The minimum atomic E-state index is -0.842. The van der Waals surface area contributed by atoms with Crippen LogP contribution in [0.15, 0.2) is 40.4 Å². The average molecular weight is 573 g/mol. The molecule has 2 heterocycles. The standard InChI is InChI=1S/C28H33BrN2O6/c1-5-30(6-2)10-7-11-31-24(19-14-20(29)26(33)22(15-19)36-4)23(27(34)28(31)35)25(32)17-8-9-21-18(13-17)12-16(3)37-21/h8-9,13-16,24,32-33H,5-7,10-12H2,1-4H3/b25-23+/t16-,24+/m1/s1. The molecule has 2 N–H and O–H groups in total. The molecular weight excluding hydrogens is 540 g/mol. The number of benzene rings is 2. The summed E-state index contributed by atoms with van der Waals surface area (Å²) in [7, 11) is 1.43. The molecule has 198 valence electrons. The Labute approximate surface area is 225 Å². The van der Waals surface area contributed by atoms with Gasteiger partial charge < -0.3 is 29.5 Å². The number of aromatic hydroxyl groups is 1. The molecule has 1 saturated heterocycles. The number of halogens is 1. The number of amides is 1. The zero-order valence-corrected chi connectivity index (χ0v) is 23.2. The van der Waals surface area contributed by atoms with Gasteiger partial charge >= 0.3 is 0 Å². The molecule has 0 radical (unpaired) electrons. The Morgan fingerprint density at radius 2 is 1.95 bits per heavy atom. The lowest BCUT2D eigenvalue weighted by atomic mass is 9.94. The quantitative estimate of drug-likeness (QED) is 0.256. The molecule has 2 aliphatic rings. The fourth-order valence-corrected chi connectivity index (χ4v) is 5.55. The van der Waals surface area contributed by atoms with Gasteiger partial charge in [-0.05, 0) is 90.4 Å². The van der Waals surface area contributed by atoms with Crippen LogP contribution in [0.4, 0.5) is 0 Å². The van der Waals surface area contributed by atoms with Crippen LogP contribution < -0.4 is 9.47 Å². The Hall–Kier alpha value is -3.04. The van der Waals surface area contributed by atoms with Crippen LogP contribution in [0.2, 0.25) is 0 Å². The van der Waals surface area contributed by atoms with E-state index in [-0.39, 0.29) is 28.9 Å². The first kappa shape index (κ1) is 27.0. The number of ether oxygens (including phenoxy) is 2. The molecule has 2 atom stereocenters. The van der Waals surface area contributed by atoms with Crippen LogP contribution >= 0.6 is 15.9 Å². The van der Waals surface area contributed by atoms with Crippen molar-refractivity contribution in [2.75, 3.05) is 33.3 Å². The number of rotatable bonds is 9. The van der Waals surface area contributed by atoms with Crippen LogP contribution in [0.3, 0.4) is 0 Å². The maximum Gasteiger partial charge on any atom is 0.295 e. The molecule has 1 fully saturated rings. The highest BCUT2D eigenvalue weighted by Crippen LogP contribution is 2.44. The van der Waals surface area contributed by atoms with E-state index in [4.69, 9.17) is 9.47 Å². The van der Waals surface area contributed by atoms with Gasteiger partial charge in [-0.15, -0.1) is 0 Å². The first-order valence-electron chi connectivity index (χ1n) is 12.6. The number of phenolic OH excluding ortho intramolecular Hbond substituents is 1. The van der Waals surface area contributed by atoms with Crippen molar-refractivity contribution in [1.82, 2.24) is 9.80 Å². The minimum Gasteiger partial charge on any atom is -0.507 e. The maximum absolute atomic E-state index is 13.4. The SMILES string of the molecule is CCN(CC)CCCN1C(=O)C(=O)/C(=C(/O)c2ccc3c(c2)C[C@@H](C)O3)[C@@H]1c1cc(Br)c(O)c(OC)c1. The van der Waals surface area contributed by atoms with Gasteiger partial charge in [0, 0.05) is 18.5 Å². The van der Waals surface area contributed by atoms with E-state index in [1.54, 1.807) is 24.3 Å². The van der Waals surface area contributed by atoms with Crippen LogP contribution in [0, 0.1) is 0 Å². The molecule has 1 amide bonds. The summed E-state index contributed by atoms with van der Waals surface area (Å²) >= 11 is 3.35. The summed E-state index contributed by atoms with van der Waals surface area (Å²) in [5.74, 6) is -0.769. The lowest BCUT2D eigenvalue weighted by Gasteiger charge is -2.27. The number of aliphatic hydroxyl groups is 1. The number of fused-ring (bicyclic) bond motifs is 1. The van der Waals surface area contributed by atoms with E-state index in [2.05, 4.69) is 34.7 Å². The molecule has 0 spiro atoms. The second-order valence-electron chi connectivity index (χ2n) is 9.38. The molecule has 0 unspecified atom stereocenters. The number of ketones is 1. The third-order valence-electron chi connectivity index (χ3n) is 7.06. The molecule has 4 rings (SSSR count). The summed E-state index contributed by atoms with van der Waals surface area (Å²) in [5.41, 5.74) is 1.95. The summed E-state index contributed by atoms with van der Waals surface area (Å²) in [6.45, 7) is 9.02. The number of hydrogen-bond donors (Lipinski definition) is 2. The van der Waals surface area contributed by atoms with Crippen molar-refractivity contribution in [2.24, 2.45) is 0 Å². The monoisotopic (exact) mass is 572 g/mol. The summed E-state index contributed by atoms with van der Waals surface area (Å²) in [6.07, 6.45) is 1.39. The van der Waals surface area contributed by atoms with E-state index >= 15 is 0 Å². The first-order valence-corrected chi connectivity index (χ1v) is 13.4. The van der Waals surface area contributed by atoms with Crippen molar-refractivity contribution in [3.63, 3.8) is 0 Å². The van der Waals surface area contributed by atoms with E-state index in [0.717, 1.165) is 30.9 Å². The molecule has 8 nitrogen and oxygen atoms in total. The Balaban J connectivity index is 1.80. The van der Waals surface area contributed by atoms with Crippen LogP contribution in [0.1, 0.15) is 49.9 Å². The van der Waals surface area contributed by atoms with Crippen molar-refractivity contribution >= 4 is 33.4 Å². The van der Waals surface area contributed by atoms with Crippen LogP contribution in [-0.4, -0.2) is 71.1 Å². The largest absolute Gasteiger partial charge is 0.507 e. The van der Waals surface area contributed by atoms with Gasteiger partial charge in [0.15, 0.2) is 11.5 Å². The van der Waals surface area contributed by atoms with Crippen LogP contribution in [-0.2, 0) is 16.0 Å². The van der Waals surface area contributed by atoms with Gasteiger partial charge in [-0.1, -0.05) is 13.8 Å². The summed E-state index contributed by atoms with van der Waals surface area (Å²) in [5, 5.41) is 21.8. The lowest BCUT2D eigenvalue weighted by Crippen LogP contribution is -2.33. The van der Waals surface area contributed by atoms with Crippen LogP contribution in [0.5, 0.6) is 17.2 Å². The average Bonchev–Trinajstić information content (AvgIpc) is 3.38. The maximum atomic E-state index is 13.4. The second kappa shape index (κ2) is 11.1. The third kappa shape index (κ3) is 5.20. The number of hydrogen-bond acceptors (Lipinski definition) is 7. The van der Waals surface area contributed by atoms with Crippen LogP contribution in [0.25, 0.3) is 5.76 Å². The molecule has 0 bridgehead atoms. The van der Waals surface area contributed by atoms with Gasteiger partial charge in [-0.2, -0.15) is 0 Å². The molecule has 37 heavy (non-hydrogen) atoms. The zero-order chi connectivity index (χ0) is 26.9. The number of carbonyl (C=O) groups excluding carboxylic acids is 2. The van der Waals surface area contributed by atoms with Crippen molar-refractivity contribution < 1.29 is 29.3 Å². The summed E-state index contributed by atoms with van der Waals surface area (Å²) < 4.78 is 11.5. The Morgan fingerprint density at radius 1 is 1.22 bits per heavy atom. The topological polar surface area (TPSA) is 99.5 Å². The van der Waals surface area contributed by atoms with Gasteiger partial charge in [0.2, 0.25) is 0 Å². The van der Waals surface area contributed by atoms with E-state index in [1.165, 1.54) is 12.0 Å². The van der Waals surface area contributed by atoms with E-state index in [9.17, 15) is 19.8 Å². The molecule has 2 aromatic rings. The third-order valence-corrected chi connectivity index (χ3v) is 7.67. The normalized spacial score (nSPS) is 20.4. The zero-order valence-electron chi connectivity index (χ0n) is 21.6. The van der Waals surface area contributed by atoms with Gasteiger partial charge in [0.25, 0.3) is 11.7 Å². The number of carbonyl (C=O) groups is 2. The lowest BCUT2D eigenvalue weighted by molar-refractivity contribution is -0.140. The van der Waals surface area contributed by atoms with Crippen molar-refractivity contribution in [3.8, 4) is 17.2 Å². The van der Waals surface area contributed by atoms with Gasteiger partial charge in [0.1, 0.15) is 17.6 Å². The molecule has 9 heteroatoms. The first-order chi connectivity index (χ1) is 17.7. The van der Waals surface area contributed by atoms with E-state index < -0.39 is 17.7 Å². The Bertz CT molecular complexity index is 1240. The highest BCUT2D eigenvalue weighted by molar-refractivity contribution is 9.10. The molecule has 0 aromatic heterocycles. The fourth-order valence-electron chi connectivity index (χ4n) is 5.09. The number of Topliss-reactive ketones (excluding diaryl/α,β-unsaturated/α-hetero) is 1. The highest BCUT2D eigenvalue weighted by atomic mass is 79.9. The second-order valence-corrected chi connectivity index (χ2v) is 10.2. The van der Waals surface area contributed by atoms with Crippen molar-refractivity contribution in [1.29, 1.82) is 0 Å². The molecule has 2 aromatic carbocycles. The number of aliphatic hydroxyl groups excluding tert-OH is 1. The molecular formula is C28H33BrN2O6. The minimum absolute atomic E-state index is 0.0133. The smallest absolute Gasteiger partial charge is 0.295 e. The van der Waals surface area contributed by atoms with Gasteiger partial charge in [-0.25, -0.2) is 0 Å². The molecule has 2 aliphatic heterocycles. The number of phenols is 1. The van der Waals surface area contributed by atoms with E-state index in [0.29, 0.717) is 35.0 Å². The number of likely N-dealkylation sites (tertiary alicyclic amines) is 1. The molecule has 0 aliphatic carbocycles. The van der Waals surface area contributed by atoms with Crippen molar-refractivity contribution in [2.45, 2.75) is 45.8 Å². The van der Waals surface area contributed by atoms with Gasteiger partial charge in [0.05, 0.1) is 23.2 Å². The fraction of sp³-hybridized carbons (Fsp3) is 0.429. The summed E-state index contributed by atoms with van der Waals surface area (Å²) in [4.78, 5) is 30.4. The van der Waals surface area contributed by atoms with Crippen molar-refractivity contribution in [3.05, 3.63) is 57.1 Å². The number of methoxy groups -OCH3 is 1. The van der Waals surface area contributed by atoms with E-state index in [1.807, 2.05) is 13.0 Å². The Kier molecular flexibility index (Phi) is 8.14. The predicted molar refractivity (Wildman–Crippen MR) is 144 cm³/mol. The Morgan fingerprint density at radius 3 is 2.62 bits per heavy atom. The van der Waals surface area contributed by atoms with Gasteiger partial charge in [-0.3, -0.25) is 9.59 Å². The summed E-state index contributed by atoms with van der Waals surface area (Å²) in [6, 6.07) is 7.70.